The summed E-state index contributed by atoms with van der Waals surface area (Å²) in [5.41, 5.74) is 2.05. The van der Waals surface area contributed by atoms with E-state index in [1.165, 1.54) is 37.7 Å². The second-order valence-electron chi connectivity index (χ2n) is 4.70. The normalized spacial score (nSPS) is 21.9. The number of rotatable bonds is 5. The Morgan fingerprint density at radius 1 is 1.50 bits per heavy atom. The second-order valence-corrected chi connectivity index (χ2v) is 4.70. The Labute approximate surface area is 77.1 Å². The SMILES string of the molecule is C=C(C)C(CCCC)C1(C)CC1. The van der Waals surface area contributed by atoms with E-state index in [0.717, 1.165) is 5.92 Å². The molecule has 1 aliphatic rings. The average Bonchev–Trinajstić information content (AvgIpc) is 2.69. The Morgan fingerprint density at radius 3 is 2.42 bits per heavy atom. The molecule has 1 saturated carbocycles. The molecule has 0 amide bonds. The van der Waals surface area contributed by atoms with E-state index >= 15 is 0 Å². The van der Waals surface area contributed by atoms with Crippen molar-refractivity contribution in [1.82, 2.24) is 0 Å². The first kappa shape index (κ1) is 9.83. The lowest BCUT2D eigenvalue weighted by atomic mass is 9.82. The van der Waals surface area contributed by atoms with Gasteiger partial charge in [0.1, 0.15) is 0 Å². The first-order valence-electron chi connectivity index (χ1n) is 5.25. The third-order valence-electron chi connectivity index (χ3n) is 3.32. The van der Waals surface area contributed by atoms with Gasteiger partial charge in [-0.25, -0.2) is 0 Å². The molecule has 0 aliphatic heterocycles. The molecular weight excluding hydrogens is 144 g/mol. The van der Waals surface area contributed by atoms with Crippen LogP contribution in [-0.4, -0.2) is 0 Å². The molecule has 0 nitrogen and oxygen atoms in total. The van der Waals surface area contributed by atoms with Gasteiger partial charge in [-0.1, -0.05) is 38.8 Å². The lowest BCUT2D eigenvalue weighted by Gasteiger charge is -2.23. The molecule has 70 valence electrons. The fourth-order valence-electron chi connectivity index (χ4n) is 2.14. The van der Waals surface area contributed by atoms with Gasteiger partial charge < -0.3 is 0 Å². The Balaban J connectivity index is 2.44. The van der Waals surface area contributed by atoms with Gasteiger partial charge in [-0.3, -0.25) is 0 Å². The van der Waals surface area contributed by atoms with Gasteiger partial charge in [0, 0.05) is 0 Å². The lowest BCUT2D eigenvalue weighted by molar-refractivity contribution is 0.355. The fraction of sp³-hybridized carbons (Fsp3) is 0.833. The minimum atomic E-state index is 0.640. The lowest BCUT2D eigenvalue weighted by Crippen LogP contribution is -2.13. The van der Waals surface area contributed by atoms with Crippen LogP contribution in [0.25, 0.3) is 0 Å². The molecule has 0 radical (unpaired) electrons. The molecule has 1 atom stereocenters. The van der Waals surface area contributed by atoms with Crippen molar-refractivity contribution in [3.8, 4) is 0 Å². The van der Waals surface area contributed by atoms with E-state index in [9.17, 15) is 0 Å². The van der Waals surface area contributed by atoms with Crippen molar-refractivity contribution < 1.29 is 0 Å². The van der Waals surface area contributed by atoms with Gasteiger partial charge >= 0.3 is 0 Å². The summed E-state index contributed by atoms with van der Waals surface area (Å²) in [5.74, 6) is 0.803. The van der Waals surface area contributed by atoms with Crippen LogP contribution in [0.4, 0.5) is 0 Å². The summed E-state index contributed by atoms with van der Waals surface area (Å²) >= 11 is 0. The standard InChI is InChI=1S/C12H22/c1-5-6-7-11(10(2)3)12(4)8-9-12/h11H,2,5-9H2,1,3-4H3. The summed E-state index contributed by atoms with van der Waals surface area (Å²) in [6.07, 6.45) is 6.90. The van der Waals surface area contributed by atoms with Crippen LogP contribution in [0, 0.1) is 11.3 Å². The second kappa shape index (κ2) is 3.64. The largest absolute Gasteiger partial charge is 0.0998 e. The van der Waals surface area contributed by atoms with Gasteiger partial charge in [0.2, 0.25) is 0 Å². The smallest absolute Gasteiger partial charge is 0.0155 e. The van der Waals surface area contributed by atoms with Crippen molar-refractivity contribution in [3.05, 3.63) is 12.2 Å². The molecular formula is C12H22. The highest BCUT2D eigenvalue weighted by atomic mass is 14.5. The Bertz CT molecular complexity index is 163. The molecule has 0 heterocycles. The topological polar surface area (TPSA) is 0 Å². The minimum absolute atomic E-state index is 0.640. The minimum Gasteiger partial charge on any atom is -0.0998 e. The predicted molar refractivity (Wildman–Crippen MR) is 55.2 cm³/mol. The van der Waals surface area contributed by atoms with Gasteiger partial charge in [0.05, 0.1) is 0 Å². The summed E-state index contributed by atoms with van der Waals surface area (Å²) in [6.45, 7) is 11.0. The maximum atomic E-state index is 4.11. The first-order chi connectivity index (χ1) is 5.60. The van der Waals surface area contributed by atoms with E-state index in [1.807, 2.05) is 0 Å². The number of allylic oxidation sites excluding steroid dienone is 1. The maximum Gasteiger partial charge on any atom is -0.0155 e. The summed E-state index contributed by atoms with van der Waals surface area (Å²) < 4.78 is 0. The van der Waals surface area contributed by atoms with Crippen molar-refractivity contribution in [3.63, 3.8) is 0 Å². The molecule has 0 aromatic heterocycles. The number of unbranched alkanes of at least 4 members (excludes halogenated alkanes) is 1. The van der Waals surface area contributed by atoms with Crippen LogP contribution >= 0.6 is 0 Å². The van der Waals surface area contributed by atoms with Crippen LogP contribution in [-0.2, 0) is 0 Å². The van der Waals surface area contributed by atoms with Crippen molar-refractivity contribution in [2.24, 2.45) is 11.3 Å². The van der Waals surface area contributed by atoms with Crippen molar-refractivity contribution >= 4 is 0 Å². The summed E-state index contributed by atoms with van der Waals surface area (Å²) in [5, 5.41) is 0. The molecule has 0 N–H and O–H groups in total. The molecule has 0 spiro atoms. The highest BCUT2D eigenvalue weighted by Crippen LogP contribution is 2.55. The maximum absolute atomic E-state index is 4.11. The van der Waals surface area contributed by atoms with E-state index in [-0.39, 0.29) is 0 Å². The monoisotopic (exact) mass is 166 g/mol. The summed E-state index contributed by atoms with van der Waals surface area (Å²) in [4.78, 5) is 0. The van der Waals surface area contributed by atoms with Crippen LogP contribution in [0.3, 0.4) is 0 Å². The molecule has 1 unspecified atom stereocenters. The van der Waals surface area contributed by atoms with Gasteiger partial charge in [0.25, 0.3) is 0 Å². The van der Waals surface area contributed by atoms with Crippen molar-refractivity contribution in [2.75, 3.05) is 0 Å². The van der Waals surface area contributed by atoms with Crippen LogP contribution in [0.2, 0.25) is 0 Å². The number of hydrogen-bond acceptors (Lipinski definition) is 0. The molecule has 0 heteroatoms. The Kier molecular flexibility index (Phi) is 2.98. The van der Waals surface area contributed by atoms with E-state index in [4.69, 9.17) is 0 Å². The highest BCUT2D eigenvalue weighted by Gasteiger charge is 2.44. The fourth-order valence-corrected chi connectivity index (χ4v) is 2.14. The van der Waals surface area contributed by atoms with Gasteiger partial charge in [-0.05, 0) is 37.5 Å². The van der Waals surface area contributed by atoms with Crippen LogP contribution in [0.5, 0.6) is 0 Å². The predicted octanol–water partition coefficient (Wildman–Crippen LogP) is 4.17. The average molecular weight is 166 g/mol. The Hall–Kier alpha value is -0.260. The molecule has 0 saturated heterocycles. The van der Waals surface area contributed by atoms with Crippen molar-refractivity contribution in [2.45, 2.75) is 52.9 Å². The Morgan fingerprint density at radius 2 is 2.08 bits per heavy atom. The van der Waals surface area contributed by atoms with Gasteiger partial charge in [-0.15, -0.1) is 0 Å². The highest BCUT2D eigenvalue weighted by molar-refractivity contribution is 5.09. The van der Waals surface area contributed by atoms with Gasteiger partial charge in [0.15, 0.2) is 0 Å². The molecule has 12 heavy (non-hydrogen) atoms. The van der Waals surface area contributed by atoms with E-state index < -0.39 is 0 Å². The zero-order valence-electron chi connectivity index (χ0n) is 8.82. The summed E-state index contributed by atoms with van der Waals surface area (Å²) in [7, 11) is 0. The molecule has 1 fully saturated rings. The molecule has 1 rings (SSSR count). The molecule has 0 aromatic carbocycles. The third-order valence-corrected chi connectivity index (χ3v) is 3.32. The van der Waals surface area contributed by atoms with Crippen LogP contribution in [0.1, 0.15) is 52.9 Å². The zero-order valence-corrected chi connectivity index (χ0v) is 8.82. The molecule has 0 aromatic rings. The van der Waals surface area contributed by atoms with E-state index in [2.05, 4.69) is 27.4 Å². The summed E-state index contributed by atoms with van der Waals surface area (Å²) in [6, 6.07) is 0. The zero-order chi connectivity index (χ0) is 9.19. The molecule has 1 aliphatic carbocycles. The quantitative estimate of drug-likeness (QED) is 0.538. The van der Waals surface area contributed by atoms with E-state index in [0.29, 0.717) is 5.41 Å². The van der Waals surface area contributed by atoms with E-state index in [1.54, 1.807) is 0 Å². The van der Waals surface area contributed by atoms with Crippen LogP contribution in [0.15, 0.2) is 12.2 Å². The van der Waals surface area contributed by atoms with Crippen molar-refractivity contribution in [1.29, 1.82) is 0 Å². The van der Waals surface area contributed by atoms with Gasteiger partial charge in [-0.2, -0.15) is 0 Å². The van der Waals surface area contributed by atoms with Crippen LogP contribution < -0.4 is 0 Å². The third kappa shape index (κ3) is 2.12. The number of hydrogen-bond donors (Lipinski definition) is 0. The first-order valence-corrected chi connectivity index (χ1v) is 5.25. The molecule has 0 bridgehead atoms.